The molecule has 1 atom stereocenters. The predicted molar refractivity (Wildman–Crippen MR) is 93.2 cm³/mol. The Bertz CT molecular complexity index is 438. The van der Waals surface area contributed by atoms with Crippen molar-refractivity contribution >= 4 is 15.9 Å². The molecule has 2 rings (SSSR count). The average molecular weight is 354 g/mol. The number of rotatable bonds is 6. The molecule has 21 heavy (non-hydrogen) atoms. The zero-order valence-corrected chi connectivity index (χ0v) is 15.2. The summed E-state index contributed by atoms with van der Waals surface area (Å²) in [5.74, 6) is 1.88. The van der Waals surface area contributed by atoms with Gasteiger partial charge in [-0.2, -0.15) is 0 Å². The lowest BCUT2D eigenvalue weighted by atomic mass is 10.0. The molecule has 1 aromatic carbocycles. The van der Waals surface area contributed by atoms with Crippen LogP contribution in [0.1, 0.15) is 43.7 Å². The molecule has 2 nitrogen and oxygen atoms in total. The van der Waals surface area contributed by atoms with Crippen molar-refractivity contribution in [3.63, 3.8) is 0 Å². The van der Waals surface area contributed by atoms with Gasteiger partial charge in [-0.25, -0.2) is 0 Å². The van der Waals surface area contributed by atoms with Crippen molar-refractivity contribution in [2.75, 3.05) is 26.2 Å². The second-order valence-electron chi connectivity index (χ2n) is 6.50. The molecular formula is C18H28BrNO. The Hall–Kier alpha value is -0.540. The molecule has 0 amide bonds. The highest BCUT2D eigenvalue weighted by Gasteiger charge is 2.15. The molecule has 1 saturated heterocycles. The van der Waals surface area contributed by atoms with Gasteiger partial charge >= 0.3 is 0 Å². The van der Waals surface area contributed by atoms with E-state index in [1.165, 1.54) is 50.0 Å². The molecule has 1 fully saturated rings. The van der Waals surface area contributed by atoms with Gasteiger partial charge in [0, 0.05) is 6.54 Å². The summed E-state index contributed by atoms with van der Waals surface area (Å²) in [7, 11) is 0. The lowest BCUT2D eigenvalue weighted by Gasteiger charge is -2.30. The molecule has 0 bridgehead atoms. The Labute approximate surface area is 138 Å². The number of nitrogens with zero attached hydrogens (tertiary/aromatic N) is 1. The maximum absolute atomic E-state index is 5.97. The molecule has 118 valence electrons. The van der Waals surface area contributed by atoms with E-state index >= 15 is 0 Å². The van der Waals surface area contributed by atoms with Crippen LogP contribution in [0.25, 0.3) is 0 Å². The van der Waals surface area contributed by atoms with E-state index in [-0.39, 0.29) is 0 Å². The largest absolute Gasteiger partial charge is 0.492 e. The standard InChI is InChI=1S/C18H28BrNO/c1-14-7-6-9-20(13-14)8-4-5-10-21-18-16(3)11-15(2)12-17(18)19/h11-12,14H,4-10,13H2,1-3H3. The van der Waals surface area contributed by atoms with Crippen molar-refractivity contribution in [3.05, 3.63) is 27.7 Å². The Morgan fingerprint density at radius 3 is 2.81 bits per heavy atom. The topological polar surface area (TPSA) is 12.5 Å². The van der Waals surface area contributed by atoms with E-state index in [0.29, 0.717) is 0 Å². The van der Waals surface area contributed by atoms with Crippen LogP contribution in [0, 0.1) is 19.8 Å². The number of benzene rings is 1. The average Bonchev–Trinajstić information content (AvgIpc) is 2.41. The van der Waals surface area contributed by atoms with Gasteiger partial charge in [0.15, 0.2) is 0 Å². The number of ether oxygens (including phenoxy) is 1. The minimum absolute atomic E-state index is 0.811. The highest BCUT2D eigenvalue weighted by atomic mass is 79.9. The highest BCUT2D eigenvalue weighted by molar-refractivity contribution is 9.10. The lowest BCUT2D eigenvalue weighted by molar-refractivity contribution is 0.176. The van der Waals surface area contributed by atoms with Gasteiger partial charge < -0.3 is 9.64 Å². The summed E-state index contributed by atoms with van der Waals surface area (Å²) in [6, 6.07) is 4.30. The molecule has 1 aromatic rings. The molecule has 0 saturated carbocycles. The summed E-state index contributed by atoms with van der Waals surface area (Å²) in [4.78, 5) is 2.61. The Morgan fingerprint density at radius 2 is 2.10 bits per heavy atom. The molecule has 1 heterocycles. The molecule has 1 aliphatic rings. The van der Waals surface area contributed by atoms with Gasteiger partial charge in [0.1, 0.15) is 5.75 Å². The van der Waals surface area contributed by atoms with E-state index in [2.05, 4.69) is 53.7 Å². The fourth-order valence-electron chi connectivity index (χ4n) is 3.19. The first-order valence-corrected chi connectivity index (χ1v) is 8.97. The smallest absolute Gasteiger partial charge is 0.136 e. The van der Waals surface area contributed by atoms with Crippen molar-refractivity contribution in [1.82, 2.24) is 4.90 Å². The third kappa shape index (κ3) is 5.30. The SMILES string of the molecule is Cc1cc(C)c(OCCCCN2CCCC(C)C2)c(Br)c1. The van der Waals surface area contributed by atoms with Crippen molar-refractivity contribution in [1.29, 1.82) is 0 Å². The quantitative estimate of drug-likeness (QED) is 0.670. The van der Waals surface area contributed by atoms with Crippen LogP contribution >= 0.6 is 15.9 Å². The Kier molecular flexibility index (Phi) is 6.56. The minimum atomic E-state index is 0.811. The fraction of sp³-hybridized carbons (Fsp3) is 0.667. The second kappa shape index (κ2) is 8.19. The van der Waals surface area contributed by atoms with Crippen LogP contribution < -0.4 is 4.74 Å². The van der Waals surface area contributed by atoms with Crippen LogP contribution in [0.4, 0.5) is 0 Å². The summed E-state index contributed by atoms with van der Waals surface area (Å²) < 4.78 is 7.04. The third-order valence-electron chi connectivity index (χ3n) is 4.23. The second-order valence-corrected chi connectivity index (χ2v) is 7.35. The van der Waals surface area contributed by atoms with Crippen LogP contribution in [-0.2, 0) is 0 Å². The van der Waals surface area contributed by atoms with Gasteiger partial charge in [0.05, 0.1) is 11.1 Å². The molecule has 0 N–H and O–H groups in total. The molecule has 0 aliphatic carbocycles. The van der Waals surface area contributed by atoms with E-state index in [4.69, 9.17) is 4.74 Å². The molecular weight excluding hydrogens is 326 g/mol. The van der Waals surface area contributed by atoms with E-state index in [1.54, 1.807) is 0 Å². The fourth-order valence-corrected chi connectivity index (χ4v) is 3.98. The molecule has 0 aromatic heterocycles. The molecule has 1 unspecified atom stereocenters. The molecule has 1 aliphatic heterocycles. The highest BCUT2D eigenvalue weighted by Crippen LogP contribution is 2.30. The first kappa shape index (κ1) is 16.8. The number of piperidine rings is 1. The van der Waals surface area contributed by atoms with Crippen LogP contribution in [0.2, 0.25) is 0 Å². The lowest BCUT2D eigenvalue weighted by Crippen LogP contribution is -2.35. The summed E-state index contributed by atoms with van der Waals surface area (Å²) in [5, 5.41) is 0. The van der Waals surface area contributed by atoms with Gasteiger partial charge in [-0.05, 0) is 91.7 Å². The van der Waals surface area contributed by atoms with E-state index in [1.807, 2.05) is 0 Å². The van der Waals surface area contributed by atoms with Crippen LogP contribution in [0.5, 0.6) is 5.75 Å². The Morgan fingerprint density at radius 1 is 1.29 bits per heavy atom. The van der Waals surface area contributed by atoms with Gasteiger partial charge in [0.25, 0.3) is 0 Å². The van der Waals surface area contributed by atoms with Gasteiger partial charge in [-0.15, -0.1) is 0 Å². The number of unbranched alkanes of at least 4 members (excludes halogenated alkanes) is 1. The summed E-state index contributed by atoms with van der Waals surface area (Å²) in [5.41, 5.74) is 2.48. The number of halogens is 1. The maximum Gasteiger partial charge on any atom is 0.136 e. The maximum atomic E-state index is 5.97. The van der Waals surface area contributed by atoms with E-state index in [0.717, 1.165) is 29.2 Å². The zero-order valence-electron chi connectivity index (χ0n) is 13.6. The number of aryl methyl sites for hydroxylation is 2. The van der Waals surface area contributed by atoms with Gasteiger partial charge in [0.2, 0.25) is 0 Å². The first-order chi connectivity index (χ1) is 10.1. The zero-order chi connectivity index (χ0) is 15.2. The molecule has 0 radical (unpaired) electrons. The third-order valence-corrected chi connectivity index (χ3v) is 4.82. The van der Waals surface area contributed by atoms with Crippen molar-refractivity contribution < 1.29 is 4.74 Å². The number of likely N-dealkylation sites (tertiary alicyclic amines) is 1. The normalized spacial score (nSPS) is 19.7. The van der Waals surface area contributed by atoms with Gasteiger partial charge in [-0.3, -0.25) is 0 Å². The summed E-state index contributed by atoms with van der Waals surface area (Å²) in [6.45, 7) is 11.2. The van der Waals surface area contributed by atoms with Crippen molar-refractivity contribution in [3.8, 4) is 5.75 Å². The number of hydrogen-bond acceptors (Lipinski definition) is 2. The van der Waals surface area contributed by atoms with Crippen molar-refractivity contribution in [2.24, 2.45) is 5.92 Å². The summed E-state index contributed by atoms with van der Waals surface area (Å²) in [6.07, 6.45) is 5.13. The molecule has 3 heteroatoms. The Balaban J connectivity index is 1.68. The predicted octanol–water partition coefficient (Wildman–Crippen LogP) is 4.96. The monoisotopic (exact) mass is 353 g/mol. The van der Waals surface area contributed by atoms with Crippen molar-refractivity contribution in [2.45, 2.75) is 46.5 Å². The molecule has 0 spiro atoms. The van der Waals surface area contributed by atoms with Crippen LogP contribution in [0.3, 0.4) is 0 Å². The minimum Gasteiger partial charge on any atom is -0.492 e. The first-order valence-electron chi connectivity index (χ1n) is 8.18. The van der Waals surface area contributed by atoms with E-state index < -0.39 is 0 Å². The van der Waals surface area contributed by atoms with E-state index in [9.17, 15) is 0 Å². The van der Waals surface area contributed by atoms with Crippen LogP contribution in [0.15, 0.2) is 16.6 Å². The van der Waals surface area contributed by atoms with Crippen LogP contribution in [-0.4, -0.2) is 31.1 Å². The summed E-state index contributed by atoms with van der Waals surface area (Å²) >= 11 is 3.60. The van der Waals surface area contributed by atoms with Gasteiger partial charge in [-0.1, -0.05) is 13.0 Å². The number of hydrogen-bond donors (Lipinski definition) is 0.